The average Bonchev–Trinajstić information content (AvgIpc) is 2.91. The number of hydrogen-bond donors (Lipinski definition) is 1. The predicted octanol–water partition coefficient (Wildman–Crippen LogP) is 1.63. The van der Waals surface area contributed by atoms with E-state index in [1.807, 2.05) is 0 Å². The summed E-state index contributed by atoms with van der Waals surface area (Å²) in [6.45, 7) is 6.67. The average molecular weight is 243 g/mol. The zero-order valence-corrected chi connectivity index (χ0v) is 10.7. The van der Waals surface area contributed by atoms with Crippen LogP contribution in [0.1, 0.15) is 25.0 Å². The number of tetrazole rings is 1. The van der Waals surface area contributed by atoms with Gasteiger partial charge in [0.05, 0.1) is 0 Å². The zero-order valence-electron chi connectivity index (χ0n) is 10.7. The number of nitrogens with zero attached hydrogens (tertiary/aromatic N) is 4. The van der Waals surface area contributed by atoms with E-state index >= 15 is 0 Å². The Balaban J connectivity index is 1.90. The van der Waals surface area contributed by atoms with E-state index < -0.39 is 0 Å². The van der Waals surface area contributed by atoms with Gasteiger partial charge in [-0.2, -0.15) is 0 Å². The van der Waals surface area contributed by atoms with Crippen molar-refractivity contribution in [1.82, 2.24) is 25.5 Å². The lowest BCUT2D eigenvalue weighted by molar-refractivity contribution is 0.203. The second-order valence-corrected chi connectivity index (χ2v) is 5.05. The first-order valence-corrected chi connectivity index (χ1v) is 6.34. The normalized spacial score (nSPS) is 15.9. The molecule has 1 N–H and O–H groups in total. The molecular formula is C13H17N5. The quantitative estimate of drug-likeness (QED) is 0.871. The standard InChI is InChI=1S/C13H17N5/c1-9(2)18-6-5-10-7-11(3-4-12(10)8-18)13-14-16-17-15-13/h3-4,7,9H,5-6,8H2,1-2H3,(H,14,15,16,17). The summed E-state index contributed by atoms with van der Waals surface area (Å²) in [5.41, 5.74) is 3.91. The molecule has 0 amide bonds. The maximum Gasteiger partial charge on any atom is 0.179 e. The Labute approximate surface area is 106 Å². The van der Waals surface area contributed by atoms with Crippen LogP contribution in [0.4, 0.5) is 0 Å². The van der Waals surface area contributed by atoms with Crippen molar-refractivity contribution in [2.75, 3.05) is 6.54 Å². The van der Waals surface area contributed by atoms with E-state index in [-0.39, 0.29) is 0 Å². The van der Waals surface area contributed by atoms with Gasteiger partial charge in [-0.05, 0) is 47.9 Å². The van der Waals surface area contributed by atoms with Crippen LogP contribution in [0.3, 0.4) is 0 Å². The highest BCUT2D eigenvalue weighted by molar-refractivity contribution is 5.56. The summed E-state index contributed by atoms with van der Waals surface area (Å²) in [5.74, 6) is 0.740. The fraction of sp³-hybridized carbons (Fsp3) is 0.462. The monoisotopic (exact) mass is 243 g/mol. The molecule has 0 bridgehead atoms. The smallest absolute Gasteiger partial charge is 0.179 e. The topological polar surface area (TPSA) is 57.7 Å². The predicted molar refractivity (Wildman–Crippen MR) is 68.9 cm³/mol. The lowest BCUT2D eigenvalue weighted by atomic mass is 9.96. The van der Waals surface area contributed by atoms with Gasteiger partial charge in [0.15, 0.2) is 5.82 Å². The molecule has 0 aliphatic carbocycles. The van der Waals surface area contributed by atoms with Crippen molar-refractivity contribution in [2.45, 2.75) is 32.9 Å². The number of aromatic nitrogens is 4. The molecule has 1 aromatic heterocycles. The molecule has 1 aliphatic heterocycles. The summed E-state index contributed by atoms with van der Waals surface area (Å²) in [4.78, 5) is 2.50. The Morgan fingerprint density at radius 2 is 2.17 bits per heavy atom. The van der Waals surface area contributed by atoms with Gasteiger partial charge in [0.1, 0.15) is 0 Å². The van der Waals surface area contributed by atoms with Crippen LogP contribution in [0.25, 0.3) is 11.4 Å². The van der Waals surface area contributed by atoms with Crippen molar-refractivity contribution in [3.8, 4) is 11.4 Å². The molecule has 0 saturated heterocycles. The van der Waals surface area contributed by atoms with E-state index in [0.717, 1.165) is 30.9 Å². The number of fused-ring (bicyclic) bond motifs is 1. The summed E-state index contributed by atoms with van der Waals surface area (Å²) >= 11 is 0. The van der Waals surface area contributed by atoms with Crippen LogP contribution >= 0.6 is 0 Å². The largest absolute Gasteiger partial charge is 0.296 e. The van der Waals surface area contributed by atoms with Crippen molar-refractivity contribution in [3.63, 3.8) is 0 Å². The lowest BCUT2D eigenvalue weighted by Crippen LogP contribution is -2.35. The van der Waals surface area contributed by atoms with Crippen molar-refractivity contribution in [1.29, 1.82) is 0 Å². The van der Waals surface area contributed by atoms with Gasteiger partial charge in [-0.3, -0.25) is 4.90 Å². The molecule has 0 atom stereocenters. The van der Waals surface area contributed by atoms with Gasteiger partial charge >= 0.3 is 0 Å². The fourth-order valence-corrected chi connectivity index (χ4v) is 2.44. The Morgan fingerprint density at radius 1 is 1.28 bits per heavy atom. The Hall–Kier alpha value is -1.75. The number of rotatable bonds is 2. The Morgan fingerprint density at radius 3 is 2.89 bits per heavy atom. The molecule has 0 fully saturated rings. The zero-order chi connectivity index (χ0) is 12.5. The van der Waals surface area contributed by atoms with Crippen LogP contribution in [0.5, 0.6) is 0 Å². The number of benzene rings is 1. The number of aromatic amines is 1. The first-order chi connectivity index (χ1) is 8.74. The van der Waals surface area contributed by atoms with Crippen molar-refractivity contribution in [2.24, 2.45) is 0 Å². The summed E-state index contributed by atoms with van der Waals surface area (Å²) in [7, 11) is 0. The van der Waals surface area contributed by atoms with Crippen LogP contribution in [-0.4, -0.2) is 38.1 Å². The number of nitrogens with one attached hydrogen (secondary N) is 1. The van der Waals surface area contributed by atoms with Crippen LogP contribution in [0.15, 0.2) is 18.2 Å². The van der Waals surface area contributed by atoms with E-state index in [0.29, 0.717) is 6.04 Å². The third-order valence-corrected chi connectivity index (χ3v) is 3.60. The van der Waals surface area contributed by atoms with Gasteiger partial charge in [0.25, 0.3) is 0 Å². The van der Waals surface area contributed by atoms with Crippen LogP contribution in [-0.2, 0) is 13.0 Å². The van der Waals surface area contributed by atoms with Crippen LogP contribution in [0, 0.1) is 0 Å². The van der Waals surface area contributed by atoms with Crippen molar-refractivity contribution < 1.29 is 0 Å². The van der Waals surface area contributed by atoms with Gasteiger partial charge in [-0.15, -0.1) is 5.10 Å². The van der Waals surface area contributed by atoms with Crippen LogP contribution < -0.4 is 0 Å². The van der Waals surface area contributed by atoms with Gasteiger partial charge in [0.2, 0.25) is 0 Å². The molecule has 18 heavy (non-hydrogen) atoms. The second-order valence-electron chi connectivity index (χ2n) is 5.05. The minimum atomic E-state index is 0.608. The van der Waals surface area contributed by atoms with E-state index in [2.05, 4.69) is 57.6 Å². The maximum absolute atomic E-state index is 3.95. The second kappa shape index (κ2) is 4.49. The molecule has 94 valence electrons. The van der Waals surface area contributed by atoms with E-state index in [1.165, 1.54) is 11.1 Å². The van der Waals surface area contributed by atoms with Gasteiger partial charge in [0, 0.05) is 24.7 Å². The summed E-state index contributed by atoms with van der Waals surface area (Å²) in [6.07, 6.45) is 1.10. The maximum atomic E-state index is 3.95. The van der Waals surface area contributed by atoms with E-state index in [1.54, 1.807) is 0 Å². The van der Waals surface area contributed by atoms with Gasteiger partial charge in [-0.25, -0.2) is 5.10 Å². The molecule has 2 aromatic rings. The van der Waals surface area contributed by atoms with Crippen molar-refractivity contribution in [3.05, 3.63) is 29.3 Å². The minimum Gasteiger partial charge on any atom is -0.296 e. The Kier molecular flexibility index (Phi) is 2.83. The minimum absolute atomic E-state index is 0.608. The molecule has 5 heteroatoms. The Bertz CT molecular complexity index is 532. The highest BCUT2D eigenvalue weighted by Gasteiger charge is 2.18. The van der Waals surface area contributed by atoms with E-state index in [4.69, 9.17) is 0 Å². The molecule has 1 aliphatic rings. The SMILES string of the molecule is CC(C)N1CCc2cc(-c3nnn[nH]3)ccc2C1. The molecule has 3 rings (SSSR count). The molecular weight excluding hydrogens is 226 g/mol. The molecule has 0 unspecified atom stereocenters. The van der Waals surface area contributed by atoms with Crippen molar-refractivity contribution >= 4 is 0 Å². The molecule has 0 saturated carbocycles. The fourth-order valence-electron chi connectivity index (χ4n) is 2.44. The summed E-state index contributed by atoms with van der Waals surface area (Å²) < 4.78 is 0. The first-order valence-electron chi connectivity index (χ1n) is 6.34. The molecule has 5 nitrogen and oxygen atoms in total. The molecule has 1 aromatic carbocycles. The highest BCUT2D eigenvalue weighted by Crippen LogP contribution is 2.24. The third-order valence-electron chi connectivity index (χ3n) is 3.60. The lowest BCUT2D eigenvalue weighted by Gasteiger charge is -2.32. The number of hydrogen-bond acceptors (Lipinski definition) is 4. The highest BCUT2D eigenvalue weighted by atomic mass is 15.5. The molecule has 2 heterocycles. The van der Waals surface area contributed by atoms with Crippen LogP contribution in [0.2, 0.25) is 0 Å². The van der Waals surface area contributed by atoms with Gasteiger partial charge < -0.3 is 0 Å². The van der Waals surface area contributed by atoms with E-state index in [9.17, 15) is 0 Å². The molecule has 0 radical (unpaired) electrons. The van der Waals surface area contributed by atoms with Gasteiger partial charge in [-0.1, -0.05) is 12.1 Å². The third kappa shape index (κ3) is 2.01. The first kappa shape index (κ1) is 11.3. The molecule has 0 spiro atoms. The number of H-pyrrole nitrogens is 1. The summed E-state index contributed by atoms with van der Waals surface area (Å²) in [6, 6.07) is 7.10. The summed E-state index contributed by atoms with van der Waals surface area (Å²) in [5, 5.41) is 14.0.